The minimum absolute atomic E-state index is 0.0991. The molecule has 1 aromatic heterocycles. The normalized spacial score (nSPS) is 23.6. The Labute approximate surface area is 120 Å². The number of carboxylic acid groups (broad SMARTS) is 1. The van der Waals surface area contributed by atoms with Crippen LogP contribution in [0.15, 0.2) is 5.16 Å². The summed E-state index contributed by atoms with van der Waals surface area (Å²) < 4.78 is 24.4. The van der Waals surface area contributed by atoms with Gasteiger partial charge in [0.25, 0.3) is 0 Å². The highest BCUT2D eigenvalue weighted by Crippen LogP contribution is 2.34. The Morgan fingerprint density at radius 1 is 1.50 bits per heavy atom. The lowest BCUT2D eigenvalue weighted by molar-refractivity contribution is -0.138. The Morgan fingerprint density at radius 2 is 2.25 bits per heavy atom. The van der Waals surface area contributed by atoms with Crippen LogP contribution in [-0.2, 0) is 21.2 Å². The lowest BCUT2D eigenvalue weighted by atomic mass is 10.00. The van der Waals surface area contributed by atoms with Crippen LogP contribution in [0.5, 0.6) is 0 Å². The molecule has 10 heteroatoms. The SMILES string of the molecule is CS(=O)(=O)C1CCCC(Sc2nnnn2CC(=O)O)C1. The largest absolute Gasteiger partial charge is 0.480 e. The molecule has 20 heavy (non-hydrogen) atoms. The van der Waals surface area contributed by atoms with E-state index >= 15 is 0 Å². The maximum atomic E-state index is 11.6. The summed E-state index contributed by atoms with van der Waals surface area (Å²) in [5.41, 5.74) is 0. The molecule has 1 aromatic rings. The van der Waals surface area contributed by atoms with Crippen molar-refractivity contribution in [1.82, 2.24) is 20.2 Å². The zero-order valence-corrected chi connectivity index (χ0v) is 12.6. The average Bonchev–Trinajstić information content (AvgIpc) is 2.75. The number of rotatable bonds is 5. The first-order chi connectivity index (χ1) is 9.36. The lowest BCUT2D eigenvalue weighted by Crippen LogP contribution is -2.29. The standard InChI is InChI=1S/C10H16N4O4S2/c1-20(17,18)8-4-2-3-7(5-8)19-10-11-12-13-14(10)6-9(15)16/h7-8H,2-6H2,1H3,(H,15,16). The van der Waals surface area contributed by atoms with Crippen LogP contribution in [0.3, 0.4) is 0 Å². The van der Waals surface area contributed by atoms with Crippen molar-refractivity contribution < 1.29 is 18.3 Å². The second kappa shape index (κ2) is 6.08. The summed E-state index contributed by atoms with van der Waals surface area (Å²) in [6.07, 6.45) is 4.24. The number of sulfone groups is 1. The van der Waals surface area contributed by atoms with E-state index in [0.29, 0.717) is 18.0 Å². The van der Waals surface area contributed by atoms with E-state index in [4.69, 9.17) is 5.11 Å². The van der Waals surface area contributed by atoms with Gasteiger partial charge in [-0.2, -0.15) is 0 Å². The average molecular weight is 320 g/mol. The van der Waals surface area contributed by atoms with E-state index in [1.54, 1.807) is 0 Å². The lowest BCUT2D eigenvalue weighted by Gasteiger charge is -2.26. The smallest absolute Gasteiger partial charge is 0.325 e. The molecule has 1 aliphatic rings. The van der Waals surface area contributed by atoms with Crippen molar-refractivity contribution in [3.05, 3.63) is 0 Å². The van der Waals surface area contributed by atoms with Gasteiger partial charge in [0.15, 0.2) is 0 Å². The van der Waals surface area contributed by atoms with Crippen molar-refractivity contribution >= 4 is 27.6 Å². The second-order valence-electron chi connectivity index (χ2n) is 4.87. The molecule has 1 saturated carbocycles. The van der Waals surface area contributed by atoms with Crippen molar-refractivity contribution in [2.45, 2.75) is 47.9 Å². The van der Waals surface area contributed by atoms with Crippen LogP contribution in [0.1, 0.15) is 25.7 Å². The van der Waals surface area contributed by atoms with Gasteiger partial charge in [-0.25, -0.2) is 13.1 Å². The van der Waals surface area contributed by atoms with Gasteiger partial charge in [0.05, 0.1) is 5.25 Å². The molecule has 8 nitrogen and oxygen atoms in total. The Hall–Kier alpha value is -1.16. The Balaban J connectivity index is 2.03. The summed E-state index contributed by atoms with van der Waals surface area (Å²) in [5, 5.41) is 19.9. The molecule has 1 N–H and O–H groups in total. The van der Waals surface area contributed by atoms with Gasteiger partial charge in [-0.15, -0.1) is 5.10 Å². The van der Waals surface area contributed by atoms with E-state index in [1.807, 2.05) is 0 Å². The molecular weight excluding hydrogens is 304 g/mol. The Bertz CT molecular complexity index is 586. The molecule has 2 atom stereocenters. The Kier molecular flexibility index (Phi) is 4.63. The number of carboxylic acids is 1. The fraction of sp³-hybridized carbons (Fsp3) is 0.800. The van der Waals surface area contributed by atoms with Crippen LogP contribution >= 0.6 is 11.8 Å². The number of carbonyl (C=O) groups is 1. The predicted octanol–water partition coefficient (Wildman–Crippen LogP) is 0.206. The maximum absolute atomic E-state index is 11.6. The molecule has 0 saturated heterocycles. The topological polar surface area (TPSA) is 115 Å². The first kappa shape index (κ1) is 15.2. The molecule has 1 fully saturated rings. The first-order valence-electron chi connectivity index (χ1n) is 6.19. The van der Waals surface area contributed by atoms with Crippen LogP contribution in [0, 0.1) is 0 Å². The van der Waals surface area contributed by atoms with E-state index in [0.717, 1.165) is 12.8 Å². The molecule has 0 bridgehead atoms. The number of hydrogen-bond donors (Lipinski definition) is 1. The summed E-state index contributed by atoms with van der Waals surface area (Å²) in [4.78, 5) is 10.7. The summed E-state index contributed by atoms with van der Waals surface area (Å²) in [5.74, 6) is -1.02. The van der Waals surface area contributed by atoms with Gasteiger partial charge >= 0.3 is 5.97 Å². The van der Waals surface area contributed by atoms with Gasteiger partial charge in [-0.05, 0) is 29.7 Å². The number of nitrogens with zero attached hydrogens (tertiary/aromatic N) is 4. The van der Waals surface area contributed by atoms with E-state index in [-0.39, 0.29) is 17.0 Å². The monoisotopic (exact) mass is 320 g/mol. The Morgan fingerprint density at radius 3 is 2.90 bits per heavy atom. The van der Waals surface area contributed by atoms with Gasteiger partial charge in [0.2, 0.25) is 5.16 Å². The van der Waals surface area contributed by atoms with Crippen LogP contribution in [0.2, 0.25) is 0 Å². The molecule has 0 radical (unpaired) electrons. The highest BCUT2D eigenvalue weighted by molar-refractivity contribution is 7.99. The molecule has 0 aliphatic heterocycles. The summed E-state index contributed by atoms with van der Waals surface area (Å²) in [6.45, 7) is -0.294. The molecule has 2 unspecified atom stereocenters. The number of tetrazole rings is 1. The third kappa shape index (κ3) is 3.92. The van der Waals surface area contributed by atoms with Crippen molar-refractivity contribution in [1.29, 1.82) is 0 Å². The third-order valence-corrected chi connectivity index (χ3v) is 6.14. The minimum atomic E-state index is -3.03. The van der Waals surface area contributed by atoms with Gasteiger partial charge < -0.3 is 5.11 Å². The fourth-order valence-electron chi connectivity index (χ4n) is 2.26. The number of aromatic nitrogens is 4. The molecule has 0 aromatic carbocycles. The number of hydrogen-bond acceptors (Lipinski definition) is 7. The quantitative estimate of drug-likeness (QED) is 0.818. The summed E-state index contributed by atoms with van der Waals surface area (Å²) in [6, 6.07) is 0. The molecular formula is C10H16N4O4S2. The van der Waals surface area contributed by atoms with Gasteiger partial charge in [-0.3, -0.25) is 4.79 Å². The van der Waals surface area contributed by atoms with Crippen molar-refractivity contribution in [2.75, 3.05) is 6.26 Å². The minimum Gasteiger partial charge on any atom is -0.480 e. The van der Waals surface area contributed by atoms with E-state index in [1.165, 1.54) is 22.7 Å². The number of aliphatic carboxylic acids is 1. The van der Waals surface area contributed by atoms with Gasteiger partial charge in [-0.1, -0.05) is 18.2 Å². The van der Waals surface area contributed by atoms with Crippen LogP contribution in [0.4, 0.5) is 0 Å². The first-order valence-corrected chi connectivity index (χ1v) is 9.03. The second-order valence-corrected chi connectivity index (χ2v) is 8.46. The zero-order valence-electron chi connectivity index (χ0n) is 11.0. The molecule has 1 aliphatic carbocycles. The molecule has 1 heterocycles. The van der Waals surface area contributed by atoms with E-state index in [9.17, 15) is 13.2 Å². The molecule has 2 rings (SSSR count). The van der Waals surface area contributed by atoms with Crippen LogP contribution < -0.4 is 0 Å². The predicted molar refractivity (Wildman–Crippen MR) is 72.2 cm³/mol. The summed E-state index contributed by atoms with van der Waals surface area (Å²) >= 11 is 1.36. The van der Waals surface area contributed by atoms with Gasteiger partial charge in [0, 0.05) is 11.5 Å². The zero-order chi connectivity index (χ0) is 14.8. The third-order valence-electron chi connectivity index (χ3n) is 3.24. The number of thioether (sulfide) groups is 1. The fourth-order valence-corrected chi connectivity index (χ4v) is 4.77. The maximum Gasteiger partial charge on any atom is 0.325 e. The summed E-state index contributed by atoms with van der Waals surface area (Å²) in [7, 11) is -3.03. The molecule has 0 spiro atoms. The van der Waals surface area contributed by atoms with E-state index < -0.39 is 15.8 Å². The van der Waals surface area contributed by atoms with Crippen molar-refractivity contribution in [2.24, 2.45) is 0 Å². The van der Waals surface area contributed by atoms with Crippen LogP contribution in [-0.4, -0.2) is 56.5 Å². The van der Waals surface area contributed by atoms with Crippen LogP contribution in [0.25, 0.3) is 0 Å². The van der Waals surface area contributed by atoms with Gasteiger partial charge in [0.1, 0.15) is 16.4 Å². The highest BCUT2D eigenvalue weighted by atomic mass is 32.2. The molecule has 112 valence electrons. The van der Waals surface area contributed by atoms with E-state index in [2.05, 4.69) is 15.5 Å². The van der Waals surface area contributed by atoms with Crippen molar-refractivity contribution in [3.63, 3.8) is 0 Å². The highest BCUT2D eigenvalue weighted by Gasteiger charge is 2.30. The molecule has 0 amide bonds. The van der Waals surface area contributed by atoms with Crippen molar-refractivity contribution in [3.8, 4) is 0 Å².